The lowest BCUT2D eigenvalue weighted by molar-refractivity contribution is -0.207. The van der Waals surface area contributed by atoms with Crippen LogP contribution in [0.25, 0.3) is 0 Å². The van der Waals surface area contributed by atoms with Gasteiger partial charge in [-0.1, -0.05) is 0 Å². The Hall–Kier alpha value is -2.87. The molecule has 2 rings (SSSR count). The monoisotopic (exact) mass is 390 g/mol. The van der Waals surface area contributed by atoms with E-state index in [0.717, 1.165) is 25.8 Å². The summed E-state index contributed by atoms with van der Waals surface area (Å²) in [5.74, 6) is -0.304. The Labute approximate surface area is 164 Å². The van der Waals surface area contributed by atoms with Crippen LogP contribution >= 0.6 is 0 Å². The van der Waals surface area contributed by atoms with Gasteiger partial charge in [0.25, 0.3) is 0 Å². The zero-order chi connectivity index (χ0) is 20.0. The number of benzene rings is 1. The van der Waals surface area contributed by atoms with Crippen LogP contribution in [0, 0.1) is 0 Å². The van der Waals surface area contributed by atoms with E-state index in [1.165, 1.54) is 0 Å². The molecule has 1 aromatic carbocycles. The number of carboxylic acids is 1. The van der Waals surface area contributed by atoms with Gasteiger partial charge in [0, 0.05) is 31.8 Å². The van der Waals surface area contributed by atoms with Crippen LogP contribution in [-0.4, -0.2) is 33.2 Å². The van der Waals surface area contributed by atoms with Gasteiger partial charge in [-0.25, -0.2) is 4.98 Å². The molecule has 0 saturated heterocycles. The van der Waals surface area contributed by atoms with E-state index in [0.29, 0.717) is 30.9 Å². The number of rotatable bonds is 14. The number of hydrogen-bond donors (Lipinski definition) is 1. The number of aryl methyl sites for hydroxylation is 1. The van der Waals surface area contributed by atoms with Gasteiger partial charge in [0.05, 0.1) is 12.9 Å². The second kappa shape index (κ2) is 12.5. The van der Waals surface area contributed by atoms with Crippen LogP contribution in [-0.2, 0) is 21.0 Å². The largest absolute Gasteiger partial charge is 0.481 e. The first-order chi connectivity index (χ1) is 13.6. The van der Waals surface area contributed by atoms with Crippen molar-refractivity contribution in [2.24, 2.45) is 0 Å². The number of esters is 1. The third kappa shape index (κ3) is 9.18. The van der Waals surface area contributed by atoms with Crippen LogP contribution in [0.15, 0.2) is 43.0 Å². The molecule has 0 amide bonds. The van der Waals surface area contributed by atoms with Gasteiger partial charge in [-0.3, -0.25) is 9.59 Å². The Bertz CT molecular complexity index is 700. The first-order valence-electron chi connectivity index (χ1n) is 9.41. The number of hydrogen-bond acceptors (Lipinski definition) is 6. The maximum absolute atomic E-state index is 11.7. The maximum atomic E-state index is 11.7. The summed E-state index contributed by atoms with van der Waals surface area (Å²) in [4.78, 5) is 36.5. The van der Waals surface area contributed by atoms with E-state index < -0.39 is 5.97 Å². The number of unbranched alkanes of at least 4 members (excludes halogenated alkanes) is 3. The summed E-state index contributed by atoms with van der Waals surface area (Å²) >= 11 is 0. The van der Waals surface area contributed by atoms with Crippen molar-refractivity contribution in [3.8, 4) is 11.5 Å². The molecule has 28 heavy (non-hydrogen) atoms. The summed E-state index contributed by atoms with van der Waals surface area (Å²) in [7, 11) is 0. The Morgan fingerprint density at radius 3 is 2.43 bits per heavy atom. The number of aromatic nitrogens is 2. The number of imidazole rings is 1. The molecule has 0 radical (unpaired) electrons. The van der Waals surface area contributed by atoms with Gasteiger partial charge in [0.1, 0.15) is 5.75 Å². The number of ether oxygens (including phenoxy) is 1. The molecule has 0 fully saturated rings. The molecule has 8 nitrogen and oxygen atoms in total. The predicted octanol–water partition coefficient (Wildman–Crippen LogP) is 3.61. The lowest BCUT2D eigenvalue weighted by atomic mass is 10.2. The zero-order valence-corrected chi connectivity index (χ0v) is 15.8. The molecule has 2 aromatic rings. The van der Waals surface area contributed by atoms with Crippen molar-refractivity contribution in [2.45, 2.75) is 51.5 Å². The molecular formula is C20H26N2O6. The average molecular weight is 390 g/mol. The molecule has 1 aromatic heterocycles. The summed E-state index contributed by atoms with van der Waals surface area (Å²) in [6.45, 7) is 1.44. The average Bonchev–Trinajstić information content (AvgIpc) is 3.19. The summed E-state index contributed by atoms with van der Waals surface area (Å²) in [6, 6.07) is 6.57. The molecule has 0 bridgehead atoms. The molecule has 0 atom stereocenters. The Kier molecular flexibility index (Phi) is 9.57. The highest BCUT2D eigenvalue weighted by Gasteiger charge is 2.06. The first kappa shape index (κ1) is 21.4. The van der Waals surface area contributed by atoms with Gasteiger partial charge in [0.2, 0.25) is 0 Å². The van der Waals surface area contributed by atoms with Crippen LogP contribution in [0.5, 0.6) is 11.5 Å². The Morgan fingerprint density at radius 2 is 1.71 bits per heavy atom. The number of carbonyl (C=O) groups is 2. The van der Waals surface area contributed by atoms with Gasteiger partial charge >= 0.3 is 11.9 Å². The van der Waals surface area contributed by atoms with E-state index in [-0.39, 0.29) is 18.8 Å². The van der Waals surface area contributed by atoms with Gasteiger partial charge in [-0.05, 0) is 56.4 Å². The minimum Gasteiger partial charge on any atom is -0.481 e. The van der Waals surface area contributed by atoms with Crippen LogP contribution in [0.2, 0.25) is 0 Å². The van der Waals surface area contributed by atoms with Crippen LogP contribution in [0.1, 0.15) is 44.9 Å². The molecule has 0 aliphatic heterocycles. The minimum absolute atomic E-state index is 0.0595. The third-order valence-electron chi connectivity index (χ3n) is 3.94. The number of aliphatic carboxylic acids is 1. The molecule has 0 spiro atoms. The molecule has 0 aliphatic carbocycles. The number of nitrogens with zero attached hydrogens (tertiary/aromatic N) is 2. The van der Waals surface area contributed by atoms with Crippen molar-refractivity contribution >= 4 is 11.9 Å². The smallest absolute Gasteiger partial charge is 0.311 e. The molecule has 0 unspecified atom stereocenters. The van der Waals surface area contributed by atoms with Crippen LogP contribution < -0.4 is 9.62 Å². The summed E-state index contributed by atoms with van der Waals surface area (Å²) in [6.07, 6.45) is 9.69. The van der Waals surface area contributed by atoms with Crippen molar-refractivity contribution in [3.63, 3.8) is 0 Å². The van der Waals surface area contributed by atoms with E-state index in [9.17, 15) is 9.59 Å². The van der Waals surface area contributed by atoms with E-state index >= 15 is 0 Å². The minimum atomic E-state index is -0.861. The van der Waals surface area contributed by atoms with E-state index in [4.69, 9.17) is 19.6 Å². The zero-order valence-electron chi connectivity index (χ0n) is 15.8. The standard InChI is InChI=1S/C20H26N2O6/c23-19(24)6-2-3-7-20(25)27-17-8-10-18(11-9-17)28-26-15-5-1-4-13-22-14-12-21-16-22/h8-12,14,16H,1-7,13,15H2,(H,23,24). The lowest BCUT2D eigenvalue weighted by Crippen LogP contribution is -2.08. The maximum Gasteiger partial charge on any atom is 0.311 e. The molecule has 152 valence electrons. The predicted molar refractivity (Wildman–Crippen MR) is 101 cm³/mol. The van der Waals surface area contributed by atoms with E-state index in [1.54, 1.807) is 36.8 Å². The Morgan fingerprint density at radius 1 is 0.964 bits per heavy atom. The molecule has 1 N–H and O–H groups in total. The van der Waals surface area contributed by atoms with Crippen molar-refractivity contribution in [3.05, 3.63) is 43.0 Å². The fraction of sp³-hybridized carbons (Fsp3) is 0.450. The van der Waals surface area contributed by atoms with Gasteiger partial charge < -0.3 is 19.3 Å². The molecule has 0 saturated carbocycles. The van der Waals surface area contributed by atoms with Crippen molar-refractivity contribution in [2.75, 3.05) is 6.61 Å². The SMILES string of the molecule is O=C(O)CCCCC(=O)Oc1ccc(OOCCCCCn2ccnc2)cc1. The highest BCUT2D eigenvalue weighted by Crippen LogP contribution is 2.18. The van der Waals surface area contributed by atoms with Crippen LogP contribution in [0.4, 0.5) is 0 Å². The molecular weight excluding hydrogens is 364 g/mol. The second-order valence-electron chi connectivity index (χ2n) is 6.31. The highest BCUT2D eigenvalue weighted by atomic mass is 17.2. The van der Waals surface area contributed by atoms with E-state index in [2.05, 4.69) is 4.98 Å². The lowest BCUT2D eigenvalue weighted by Gasteiger charge is -2.07. The third-order valence-corrected chi connectivity index (χ3v) is 3.94. The quantitative estimate of drug-likeness (QED) is 0.173. The number of carbonyl (C=O) groups excluding carboxylic acids is 1. The first-order valence-corrected chi connectivity index (χ1v) is 9.41. The van der Waals surface area contributed by atoms with Gasteiger partial charge in [-0.2, -0.15) is 4.89 Å². The topological polar surface area (TPSA) is 99.9 Å². The van der Waals surface area contributed by atoms with Gasteiger partial charge in [-0.15, -0.1) is 0 Å². The molecule has 8 heteroatoms. The molecule has 0 aliphatic rings. The van der Waals surface area contributed by atoms with Crippen LogP contribution in [0.3, 0.4) is 0 Å². The van der Waals surface area contributed by atoms with E-state index in [1.807, 2.05) is 10.8 Å². The second-order valence-corrected chi connectivity index (χ2v) is 6.31. The fourth-order valence-electron chi connectivity index (χ4n) is 2.45. The summed E-state index contributed by atoms with van der Waals surface area (Å²) in [5, 5.41) is 8.55. The van der Waals surface area contributed by atoms with Crippen molar-refractivity contribution < 1.29 is 29.2 Å². The Balaban J connectivity index is 1.53. The normalized spacial score (nSPS) is 10.6. The van der Waals surface area contributed by atoms with Crippen molar-refractivity contribution in [1.29, 1.82) is 0 Å². The fourth-order valence-corrected chi connectivity index (χ4v) is 2.45. The van der Waals surface area contributed by atoms with Gasteiger partial charge in [0.15, 0.2) is 5.75 Å². The molecule has 1 heterocycles. The summed E-state index contributed by atoms with van der Waals surface area (Å²) in [5.41, 5.74) is 0. The summed E-state index contributed by atoms with van der Waals surface area (Å²) < 4.78 is 7.23. The number of carboxylic acid groups (broad SMARTS) is 1. The highest BCUT2D eigenvalue weighted by molar-refractivity contribution is 5.72. The van der Waals surface area contributed by atoms with Crippen molar-refractivity contribution in [1.82, 2.24) is 9.55 Å².